The molecule has 8 unspecified atom stereocenters. The van der Waals surface area contributed by atoms with E-state index in [1.165, 1.54) is 0 Å². The van der Waals surface area contributed by atoms with Crippen LogP contribution < -0.4 is 0 Å². The van der Waals surface area contributed by atoms with Crippen molar-refractivity contribution in [3.63, 3.8) is 0 Å². The summed E-state index contributed by atoms with van der Waals surface area (Å²) in [5.74, 6) is 0. The second-order valence-electron chi connectivity index (χ2n) is 4.67. The molecule has 0 amide bonds. The lowest BCUT2D eigenvalue weighted by atomic mass is 9.99. The minimum atomic E-state index is -1.82. The molecule has 0 bridgehead atoms. The molecular formula is C11H20O10. The quantitative estimate of drug-likeness (QED) is 0.225. The zero-order chi connectivity index (χ0) is 16.2. The van der Waals surface area contributed by atoms with Gasteiger partial charge in [0, 0.05) is 0 Å². The summed E-state index contributed by atoms with van der Waals surface area (Å²) in [6.07, 6.45) is -13.0. The summed E-state index contributed by atoms with van der Waals surface area (Å²) in [6.45, 7) is -1.53. The molecular weight excluding hydrogens is 292 g/mol. The number of aliphatic hydroxyl groups excluding tert-OH is 7. The first kappa shape index (κ1) is 18.4. The van der Waals surface area contributed by atoms with Crippen LogP contribution in [0, 0.1) is 0 Å². The Labute approximate surface area is 119 Å². The zero-order valence-electron chi connectivity index (χ0n) is 11.0. The maximum absolute atomic E-state index is 10.6. The van der Waals surface area contributed by atoms with Gasteiger partial charge in [-0.3, -0.25) is 0 Å². The molecule has 0 aromatic rings. The second-order valence-corrected chi connectivity index (χ2v) is 4.67. The molecule has 21 heavy (non-hydrogen) atoms. The molecule has 7 N–H and O–H groups in total. The van der Waals surface area contributed by atoms with Crippen LogP contribution in [-0.4, -0.2) is 104 Å². The third-order valence-corrected chi connectivity index (χ3v) is 3.18. The summed E-state index contributed by atoms with van der Waals surface area (Å²) < 4.78 is 10.0. The third-order valence-electron chi connectivity index (χ3n) is 3.18. The lowest BCUT2D eigenvalue weighted by molar-refractivity contribution is -0.322. The first-order chi connectivity index (χ1) is 9.87. The van der Waals surface area contributed by atoms with E-state index >= 15 is 0 Å². The summed E-state index contributed by atoms with van der Waals surface area (Å²) in [4.78, 5) is 10.6. The molecule has 0 aromatic heterocycles. The van der Waals surface area contributed by atoms with Gasteiger partial charge in [-0.1, -0.05) is 0 Å². The van der Waals surface area contributed by atoms with E-state index in [-0.39, 0.29) is 6.29 Å². The number of aldehydes is 1. The van der Waals surface area contributed by atoms with Crippen molar-refractivity contribution < 1.29 is 50.0 Å². The van der Waals surface area contributed by atoms with Crippen LogP contribution in [0.4, 0.5) is 0 Å². The number of hydrogen-bond donors (Lipinski definition) is 7. The van der Waals surface area contributed by atoms with Crippen molar-refractivity contribution in [3.8, 4) is 0 Å². The van der Waals surface area contributed by atoms with Crippen LogP contribution in [0.3, 0.4) is 0 Å². The number of hydrogen-bond acceptors (Lipinski definition) is 10. The average Bonchev–Trinajstić information content (AvgIpc) is 2.50. The predicted molar refractivity (Wildman–Crippen MR) is 63.8 cm³/mol. The lowest BCUT2D eigenvalue weighted by Crippen LogP contribution is -2.61. The summed E-state index contributed by atoms with van der Waals surface area (Å²) in [6, 6.07) is 0. The highest BCUT2D eigenvalue weighted by Gasteiger charge is 2.46. The van der Waals surface area contributed by atoms with Crippen LogP contribution in [-0.2, 0) is 14.3 Å². The van der Waals surface area contributed by atoms with Crippen molar-refractivity contribution in [2.24, 2.45) is 0 Å². The van der Waals surface area contributed by atoms with Crippen molar-refractivity contribution in [2.75, 3.05) is 13.2 Å². The normalized spacial score (nSPS) is 37.8. The van der Waals surface area contributed by atoms with Crippen LogP contribution >= 0.6 is 0 Å². The van der Waals surface area contributed by atoms with Gasteiger partial charge in [0.25, 0.3) is 0 Å². The van der Waals surface area contributed by atoms with Gasteiger partial charge in [-0.15, -0.1) is 0 Å². The monoisotopic (exact) mass is 312 g/mol. The Kier molecular flexibility index (Phi) is 7.06. The number of carbonyl (C=O) groups is 1. The van der Waals surface area contributed by atoms with E-state index in [9.17, 15) is 30.3 Å². The standard InChI is InChI=1S/C11H20O10/c12-1-4(15)10(5(16)2-13)21-11-9(19)8(18)7(17)6(3-14)20-11/h1,4-11,13-19H,2-3H2. The minimum absolute atomic E-state index is 0.0492. The molecule has 1 aliphatic heterocycles. The largest absolute Gasteiger partial charge is 0.394 e. The molecule has 10 nitrogen and oxygen atoms in total. The fourth-order valence-electron chi connectivity index (χ4n) is 1.91. The van der Waals surface area contributed by atoms with E-state index in [0.717, 1.165) is 0 Å². The smallest absolute Gasteiger partial charge is 0.187 e. The van der Waals surface area contributed by atoms with Crippen molar-refractivity contribution >= 4 is 6.29 Å². The zero-order valence-corrected chi connectivity index (χ0v) is 11.0. The Morgan fingerprint density at radius 3 is 2.19 bits per heavy atom. The first-order valence-corrected chi connectivity index (χ1v) is 6.25. The Balaban J connectivity index is 2.83. The van der Waals surface area contributed by atoms with Gasteiger partial charge in [0.15, 0.2) is 12.6 Å². The van der Waals surface area contributed by atoms with Gasteiger partial charge in [0.1, 0.15) is 42.7 Å². The first-order valence-electron chi connectivity index (χ1n) is 6.25. The lowest BCUT2D eigenvalue weighted by Gasteiger charge is -2.41. The summed E-state index contributed by atoms with van der Waals surface area (Å²) in [7, 11) is 0. The maximum Gasteiger partial charge on any atom is 0.187 e. The molecule has 0 aliphatic carbocycles. The topological polar surface area (TPSA) is 177 Å². The van der Waals surface area contributed by atoms with Crippen molar-refractivity contribution in [1.29, 1.82) is 0 Å². The number of rotatable bonds is 7. The molecule has 8 atom stereocenters. The average molecular weight is 312 g/mol. The summed E-state index contributed by atoms with van der Waals surface area (Å²) in [5.41, 5.74) is 0. The van der Waals surface area contributed by atoms with Gasteiger partial charge in [-0.25, -0.2) is 0 Å². The van der Waals surface area contributed by atoms with Gasteiger partial charge < -0.3 is 50.0 Å². The highest BCUT2D eigenvalue weighted by Crippen LogP contribution is 2.24. The van der Waals surface area contributed by atoms with Gasteiger partial charge in [0.05, 0.1) is 13.2 Å². The van der Waals surface area contributed by atoms with Crippen LogP contribution in [0.1, 0.15) is 0 Å². The highest BCUT2D eigenvalue weighted by molar-refractivity contribution is 5.56. The SMILES string of the molecule is O=CC(O)C(OC1OC(CO)C(O)C(O)C1O)C(O)CO. The maximum atomic E-state index is 10.6. The van der Waals surface area contributed by atoms with Gasteiger partial charge in [-0.05, 0) is 0 Å². The van der Waals surface area contributed by atoms with E-state index in [1.54, 1.807) is 0 Å². The molecule has 1 heterocycles. The number of carbonyl (C=O) groups excluding carboxylic acids is 1. The van der Waals surface area contributed by atoms with E-state index < -0.39 is 62.2 Å². The Morgan fingerprint density at radius 2 is 1.71 bits per heavy atom. The van der Waals surface area contributed by atoms with E-state index in [1.807, 2.05) is 0 Å². The number of aliphatic hydroxyl groups is 7. The molecule has 0 spiro atoms. The van der Waals surface area contributed by atoms with Gasteiger partial charge >= 0.3 is 0 Å². The molecule has 1 saturated heterocycles. The number of ether oxygens (including phenoxy) is 2. The van der Waals surface area contributed by atoms with Crippen LogP contribution in [0.15, 0.2) is 0 Å². The minimum Gasteiger partial charge on any atom is -0.394 e. The van der Waals surface area contributed by atoms with E-state index in [4.69, 9.17) is 19.7 Å². The predicted octanol–water partition coefficient (Wildman–Crippen LogP) is -4.92. The molecule has 1 fully saturated rings. The second kappa shape index (κ2) is 8.08. The third kappa shape index (κ3) is 4.16. The van der Waals surface area contributed by atoms with Crippen LogP contribution in [0.2, 0.25) is 0 Å². The fraction of sp³-hybridized carbons (Fsp3) is 0.909. The Hall–Kier alpha value is -0.690. The Morgan fingerprint density at radius 1 is 1.10 bits per heavy atom. The van der Waals surface area contributed by atoms with Crippen molar-refractivity contribution in [3.05, 3.63) is 0 Å². The van der Waals surface area contributed by atoms with Gasteiger partial charge in [0.2, 0.25) is 0 Å². The van der Waals surface area contributed by atoms with E-state index in [2.05, 4.69) is 0 Å². The molecule has 1 aliphatic rings. The Bertz CT molecular complexity index is 324. The van der Waals surface area contributed by atoms with Crippen molar-refractivity contribution in [1.82, 2.24) is 0 Å². The van der Waals surface area contributed by atoms with Gasteiger partial charge in [-0.2, -0.15) is 0 Å². The van der Waals surface area contributed by atoms with Crippen LogP contribution in [0.5, 0.6) is 0 Å². The summed E-state index contributed by atoms with van der Waals surface area (Å²) in [5, 5.41) is 65.6. The highest BCUT2D eigenvalue weighted by atomic mass is 16.7. The van der Waals surface area contributed by atoms with Crippen molar-refractivity contribution in [2.45, 2.75) is 49.0 Å². The molecule has 10 heteroatoms. The van der Waals surface area contributed by atoms with Crippen LogP contribution in [0.25, 0.3) is 0 Å². The molecule has 0 saturated carbocycles. The summed E-state index contributed by atoms with van der Waals surface area (Å²) >= 11 is 0. The fourth-order valence-corrected chi connectivity index (χ4v) is 1.91. The molecule has 0 aromatic carbocycles. The molecule has 124 valence electrons. The van der Waals surface area contributed by atoms with E-state index in [0.29, 0.717) is 0 Å². The molecule has 0 radical (unpaired) electrons. The molecule has 1 rings (SSSR count).